The number of carbonyl (C=O) groups is 2. The molecule has 7 nitrogen and oxygen atoms in total. The minimum absolute atomic E-state index is 0.156. The van der Waals surface area contributed by atoms with Crippen LogP contribution in [0, 0.1) is 12.7 Å². The summed E-state index contributed by atoms with van der Waals surface area (Å²) in [5, 5.41) is 3.42. The van der Waals surface area contributed by atoms with Gasteiger partial charge in [0, 0.05) is 30.3 Å². The van der Waals surface area contributed by atoms with E-state index >= 15 is 0 Å². The average molecular weight is 439 g/mol. The summed E-state index contributed by atoms with van der Waals surface area (Å²) >= 11 is 0. The van der Waals surface area contributed by atoms with Crippen LogP contribution in [0.25, 0.3) is 10.9 Å². The monoisotopic (exact) mass is 439 g/mol. The molecule has 0 unspecified atom stereocenters. The van der Waals surface area contributed by atoms with Crippen molar-refractivity contribution in [2.45, 2.75) is 20.8 Å². The number of hydrogen-bond acceptors (Lipinski definition) is 5. The summed E-state index contributed by atoms with van der Waals surface area (Å²) in [6.07, 6.45) is 0. The van der Waals surface area contributed by atoms with E-state index in [4.69, 9.17) is 9.47 Å². The molecule has 32 heavy (non-hydrogen) atoms. The third kappa shape index (κ3) is 5.32. The fraction of sp³-hybridized carbons (Fsp3) is 0.292. The molecule has 0 spiro atoms. The van der Waals surface area contributed by atoms with Crippen molar-refractivity contribution in [2.75, 3.05) is 32.1 Å². The van der Waals surface area contributed by atoms with Gasteiger partial charge in [0.15, 0.2) is 11.5 Å². The van der Waals surface area contributed by atoms with Crippen molar-refractivity contribution in [1.82, 2.24) is 9.88 Å². The molecule has 2 aromatic carbocycles. The van der Waals surface area contributed by atoms with Gasteiger partial charge in [0.2, 0.25) is 5.91 Å². The number of carbonyl (C=O) groups excluding carboxylic acids is 2. The van der Waals surface area contributed by atoms with Crippen molar-refractivity contribution in [3.05, 3.63) is 59.5 Å². The molecular formula is C24H26FN3O4. The third-order valence-electron chi connectivity index (χ3n) is 4.76. The van der Waals surface area contributed by atoms with Crippen molar-refractivity contribution >= 4 is 28.4 Å². The predicted octanol–water partition coefficient (Wildman–Crippen LogP) is 4.19. The molecule has 0 radical (unpaired) electrons. The van der Waals surface area contributed by atoms with E-state index in [0.717, 1.165) is 0 Å². The van der Waals surface area contributed by atoms with E-state index in [2.05, 4.69) is 10.3 Å². The fourth-order valence-corrected chi connectivity index (χ4v) is 3.28. The Morgan fingerprint density at radius 1 is 1.03 bits per heavy atom. The summed E-state index contributed by atoms with van der Waals surface area (Å²) in [5.74, 6) is 0.0303. The molecule has 0 bridgehead atoms. The normalized spacial score (nSPS) is 10.7. The smallest absolute Gasteiger partial charge is 0.255 e. The highest BCUT2D eigenvalue weighted by atomic mass is 19.1. The Kier molecular flexibility index (Phi) is 7.25. The number of aromatic nitrogens is 1. The number of likely N-dealkylation sites (N-methyl/N-ethyl adjacent to an activating group) is 1. The first-order valence-electron chi connectivity index (χ1n) is 10.3. The number of anilines is 1. The number of nitrogens with one attached hydrogen (secondary N) is 1. The first-order chi connectivity index (χ1) is 15.3. The molecule has 3 rings (SSSR count). The fourth-order valence-electron chi connectivity index (χ4n) is 3.28. The van der Waals surface area contributed by atoms with Gasteiger partial charge in [0.05, 0.1) is 36.5 Å². The second kappa shape index (κ2) is 10.1. The van der Waals surface area contributed by atoms with Crippen LogP contribution in [0.3, 0.4) is 0 Å². The molecule has 0 saturated heterocycles. The lowest BCUT2D eigenvalue weighted by Gasteiger charge is -2.18. The van der Waals surface area contributed by atoms with Gasteiger partial charge in [0.25, 0.3) is 5.91 Å². The van der Waals surface area contributed by atoms with Gasteiger partial charge in [-0.05, 0) is 51.1 Å². The molecule has 1 aromatic heterocycles. The van der Waals surface area contributed by atoms with Gasteiger partial charge in [-0.25, -0.2) is 4.39 Å². The molecule has 0 aliphatic carbocycles. The van der Waals surface area contributed by atoms with E-state index in [-0.39, 0.29) is 24.2 Å². The van der Waals surface area contributed by atoms with Crippen LogP contribution in [0.15, 0.2) is 42.5 Å². The van der Waals surface area contributed by atoms with Gasteiger partial charge in [-0.1, -0.05) is 0 Å². The number of benzene rings is 2. The van der Waals surface area contributed by atoms with E-state index in [1.165, 1.54) is 17.0 Å². The molecule has 0 atom stereocenters. The highest BCUT2D eigenvalue weighted by molar-refractivity contribution is 6.01. The van der Waals surface area contributed by atoms with E-state index in [1.54, 1.807) is 44.3 Å². The Hall–Kier alpha value is -3.68. The minimum Gasteiger partial charge on any atom is -0.490 e. The van der Waals surface area contributed by atoms with Gasteiger partial charge < -0.3 is 19.7 Å². The van der Waals surface area contributed by atoms with E-state index in [1.807, 2.05) is 13.8 Å². The maximum Gasteiger partial charge on any atom is 0.255 e. The number of fused-ring (bicyclic) bond motifs is 1. The van der Waals surface area contributed by atoms with Gasteiger partial charge in [-0.15, -0.1) is 0 Å². The van der Waals surface area contributed by atoms with Crippen molar-refractivity contribution < 1.29 is 23.5 Å². The molecule has 8 heteroatoms. The summed E-state index contributed by atoms with van der Waals surface area (Å²) in [4.78, 5) is 31.1. The number of ether oxygens (including phenoxy) is 2. The zero-order chi connectivity index (χ0) is 23.3. The standard InChI is InChI=1S/C24H26FN3O4/c1-5-31-21-10-9-18(13-22(21)32-6-2)27-23(29)14-28(4)24(30)19-11-16-7-8-17(25)12-20(16)26-15(19)3/h7-13H,5-6,14H2,1-4H3,(H,27,29). The van der Waals surface area contributed by atoms with E-state index in [0.29, 0.717) is 52.6 Å². The van der Waals surface area contributed by atoms with Crippen molar-refractivity contribution in [3.63, 3.8) is 0 Å². The third-order valence-corrected chi connectivity index (χ3v) is 4.76. The van der Waals surface area contributed by atoms with E-state index < -0.39 is 0 Å². The lowest BCUT2D eigenvalue weighted by atomic mass is 10.1. The van der Waals surface area contributed by atoms with Crippen LogP contribution >= 0.6 is 0 Å². The number of aryl methyl sites for hydroxylation is 1. The Morgan fingerprint density at radius 2 is 1.75 bits per heavy atom. The summed E-state index contributed by atoms with van der Waals surface area (Å²) in [6.45, 7) is 6.22. The molecule has 0 fully saturated rings. The SMILES string of the molecule is CCOc1ccc(NC(=O)CN(C)C(=O)c2cc3ccc(F)cc3nc2C)cc1OCC. The van der Waals surface area contributed by atoms with Crippen LogP contribution in [-0.4, -0.2) is 48.5 Å². The first kappa shape index (κ1) is 23.0. The van der Waals surface area contributed by atoms with Crippen LogP contribution in [0.1, 0.15) is 29.9 Å². The lowest BCUT2D eigenvalue weighted by molar-refractivity contribution is -0.116. The second-order valence-corrected chi connectivity index (χ2v) is 7.20. The molecule has 0 saturated carbocycles. The number of nitrogens with zero attached hydrogens (tertiary/aromatic N) is 2. The Labute approximate surface area is 186 Å². The Morgan fingerprint density at radius 3 is 2.47 bits per heavy atom. The molecule has 3 aromatic rings. The quantitative estimate of drug-likeness (QED) is 0.569. The van der Waals surface area contributed by atoms with Gasteiger partial charge >= 0.3 is 0 Å². The number of halogens is 1. The van der Waals surface area contributed by atoms with E-state index in [9.17, 15) is 14.0 Å². The molecule has 2 amide bonds. The van der Waals surface area contributed by atoms with Crippen molar-refractivity contribution in [1.29, 1.82) is 0 Å². The average Bonchev–Trinajstić information content (AvgIpc) is 2.74. The van der Waals surface area contributed by atoms with Crippen LogP contribution < -0.4 is 14.8 Å². The topological polar surface area (TPSA) is 80.8 Å². The molecular weight excluding hydrogens is 413 g/mol. The summed E-state index contributed by atoms with van der Waals surface area (Å²) in [5.41, 5.74) is 1.83. The number of pyridine rings is 1. The zero-order valence-corrected chi connectivity index (χ0v) is 18.6. The number of amides is 2. The molecule has 1 heterocycles. The second-order valence-electron chi connectivity index (χ2n) is 7.20. The van der Waals surface area contributed by atoms with Crippen LogP contribution in [0.4, 0.5) is 10.1 Å². The number of rotatable bonds is 8. The summed E-state index contributed by atoms with van der Waals surface area (Å²) < 4.78 is 24.5. The van der Waals surface area contributed by atoms with Crippen LogP contribution in [0.2, 0.25) is 0 Å². The zero-order valence-electron chi connectivity index (χ0n) is 18.6. The van der Waals surface area contributed by atoms with Crippen LogP contribution in [0.5, 0.6) is 11.5 Å². The maximum atomic E-state index is 13.4. The lowest BCUT2D eigenvalue weighted by Crippen LogP contribution is -2.35. The molecule has 1 N–H and O–H groups in total. The molecule has 0 aliphatic rings. The molecule has 0 aliphatic heterocycles. The minimum atomic E-state index is -0.390. The highest BCUT2D eigenvalue weighted by Gasteiger charge is 2.19. The van der Waals surface area contributed by atoms with Gasteiger partial charge in [-0.3, -0.25) is 14.6 Å². The highest BCUT2D eigenvalue weighted by Crippen LogP contribution is 2.30. The maximum absolute atomic E-state index is 13.4. The van der Waals surface area contributed by atoms with Crippen molar-refractivity contribution in [3.8, 4) is 11.5 Å². The number of hydrogen-bond donors (Lipinski definition) is 1. The first-order valence-corrected chi connectivity index (χ1v) is 10.3. The summed E-state index contributed by atoms with van der Waals surface area (Å²) in [7, 11) is 1.54. The van der Waals surface area contributed by atoms with Gasteiger partial charge in [0.1, 0.15) is 5.82 Å². The Balaban J connectivity index is 1.71. The molecule has 168 valence electrons. The van der Waals surface area contributed by atoms with Crippen molar-refractivity contribution in [2.24, 2.45) is 0 Å². The Bertz CT molecular complexity index is 1150. The van der Waals surface area contributed by atoms with Crippen LogP contribution in [-0.2, 0) is 4.79 Å². The largest absolute Gasteiger partial charge is 0.490 e. The predicted molar refractivity (Wildman–Crippen MR) is 121 cm³/mol. The summed E-state index contributed by atoms with van der Waals surface area (Å²) in [6, 6.07) is 11.0. The van der Waals surface area contributed by atoms with Gasteiger partial charge in [-0.2, -0.15) is 0 Å².